The molecule has 1 aliphatic carbocycles. The molecule has 1 heterocycles. The maximum Gasteiger partial charge on any atom is 0.225 e. The fraction of sp³-hybridized carbons (Fsp3) is 0.619. The van der Waals surface area contributed by atoms with E-state index in [1.807, 2.05) is 12.1 Å². The normalized spacial score (nSPS) is 17.6. The molecular formula is C21H32N4O2. The molecule has 2 fully saturated rings. The van der Waals surface area contributed by atoms with Crippen molar-refractivity contribution in [3.8, 4) is 0 Å². The fourth-order valence-electron chi connectivity index (χ4n) is 3.40. The summed E-state index contributed by atoms with van der Waals surface area (Å²) < 4.78 is 0. The van der Waals surface area contributed by atoms with Crippen molar-refractivity contribution in [2.45, 2.75) is 44.6 Å². The molecule has 3 N–H and O–H groups in total. The first-order chi connectivity index (χ1) is 13.2. The Morgan fingerprint density at radius 1 is 1.07 bits per heavy atom. The summed E-state index contributed by atoms with van der Waals surface area (Å²) >= 11 is 0. The predicted octanol–water partition coefficient (Wildman–Crippen LogP) is 2.03. The van der Waals surface area contributed by atoms with Crippen molar-refractivity contribution in [3.63, 3.8) is 0 Å². The summed E-state index contributed by atoms with van der Waals surface area (Å²) in [4.78, 5) is 26.8. The lowest BCUT2D eigenvalue weighted by atomic mass is 10.1. The zero-order valence-electron chi connectivity index (χ0n) is 16.1. The zero-order valence-corrected chi connectivity index (χ0v) is 16.1. The van der Waals surface area contributed by atoms with Gasteiger partial charge in [-0.2, -0.15) is 0 Å². The highest BCUT2D eigenvalue weighted by Gasteiger charge is 2.20. The highest BCUT2D eigenvalue weighted by atomic mass is 16.1. The summed E-state index contributed by atoms with van der Waals surface area (Å²) in [5.74, 6) is 0.0348. The fourth-order valence-corrected chi connectivity index (χ4v) is 3.40. The summed E-state index contributed by atoms with van der Waals surface area (Å²) in [5, 5.41) is 9.46. The number of carbonyl (C=O) groups excluding carboxylic acids is 2. The Balaban J connectivity index is 1.36. The maximum atomic E-state index is 12.4. The SMILES string of the molecule is O=C(CCNC1CC1)Nc1cccc(C(=O)CNCCN2CCCCC2)c1. The summed E-state index contributed by atoms with van der Waals surface area (Å²) in [6, 6.07) is 7.83. The Kier molecular flexibility index (Phi) is 7.80. The first kappa shape index (κ1) is 20.0. The molecule has 0 unspecified atom stereocenters. The molecule has 27 heavy (non-hydrogen) atoms. The van der Waals surface area contributed by atoms with E-state index in [0.717, 1.165) is 13.1 Å². The van der Waals surface area contributed by atoms with Crippen LogP contribution in [0.2, 0.25) is 0 Å². The van der Waals surface area contributed by atoms with Crippen LogP contribution in [-0.4, -0.2) is 61.9 Å². The second-order valence-corrected chi connectivity index (χ2v) is 7.61. The largest absolute Gasteiger partial charge is 0.326 e. The van der Waals surface area contributed by atoms with Crippen molar-refractivity contribution < 1.29 is 9.59 Å². The Morgan fingerprint density at radius 3 is 2.67 bits per heavy atom. The highest BCUT2D eigenvalue weighted by molar-refractivity contribution is 5.99. The molecule has 0 spiro atoms. The van der Waals surface area contributed by atoms with Crippen LogP contribution in [0.4, 0.5) is 5.69 Å². The van der Waals surface area contributed by atoms with Crippen LogP contribution in [0.5, 0.6) is 0 Å². The van der Waals surface area contributed by atoms with E-state index in [2.05, 4.69) is 20.9 Å². The van der Waals surface area contributed by atoms with Gasteiger partial charge in [-0.1, -0.05) is 18.6 Å². The number of hydrogen-bond acceptors (Lipinski definition) is 5. The lowest BCUT2D eigenvalue weighted by Gasteiger charge is -2.26. The summed E-state index contributed by atoms with van der Waals surface area (Å²) in [5.41, 5.74) is 1.32. The quantitative estimate of drug-likeness (QED) is 0.409. The topological polar surface area (TPSA) is 73.5 Å². The second kappa shape index (κ2) is 10.5. The van der Waals surface area contributed by atoms with Crippen LogP contribution in [0, 0.1) is 0 Å². The molecule has 6 heteroatoms. The molecular weight excluding hydrogens is 340 g/mol. The van der Waals surface area contributed by atoms with Crippen molar-refractivity contribution in [1.82, 2.24) is 15.5 Å². The third-order valence-corrected chi connectivity index (χ3v) is 5.17. The molecule has 3 rings (SSSR count). The van der Waals surface area contributed by atoms with E-state index in [-0.39, 0.29) is 11.7 Å². The van der Waals surface area contributed by atoms with Crippen LogP contribution in [0.3, 0.4) is 0 Å². The lowest BCUT2D eigenvalue weighted by Crippen LogP contribution is -2.37. The van der Waals surface area contributed by atoms with Crippen molar-refractivity contribution in [2.75, 3.05) is 44.6 Å². The van der Waals surface area contributed by atoms with Gasteiger partial charge in [0.1, 0.15) is 0 Å². The smallest absolute Gasteiger partial charge is 0.225 e. The summed E-state index contributed by atoms with van der Waals surface area (Å²) in [6.45, 7) is 5.21. The number of amides is 1. The van der Waals surface area contributed by atoms with Gasteiger partial charge in [0.2, 0.25) is 5.91 Å². The minimum absolute atomic E-state index is 0.0209. The summed E-state index contributed by atoms with van der Waals surface area (Å²) in [7, 11) is 0. The lowest BCUT2D eigenvalue weighted by molar-refractivity contribution is -0.116. The van der Waals surface area contributed by atoms with Crippen LogP contribution in [0.1, 0.15) is 48.9 Å². The number of nitrogens with zero attached hydrogens (tertiary/aromatic N) is 1. The van der Waals surface area contributed by atoms with Crippen LogP contribution >= 0.6 is 0 Å². The number of benzene rings is 1. The van der Waals surface area contributed by atoms with Gasteiger partial charge in [-0.15, -0.1) is 0 Å². The van der Waals surface area contributed by atoms with Crippen molar-refractivity contribution in [3.05, 3.63) is 29.8 Å². The monoisotopic (exact) mass is 372 g/mol. The van der Waals surface area contributed by atoms with E-state index >= 15 is 0 Å². The predicted molar refractivity (Wildman–Crippen MR) is 108 cm³/mol. The molecule has 2 aliphatic rings. The molecule has 148 valence electrons. The van der Waals surface area contributed by atoms with E-state index in [1.54, 1.807) is 12.1 Å². The summed E-state index contributed by atoms with van der Waals surface area (Å²) in [6.07, 6.45) is 6.80. The van der Waals surface area contributed by atoms with E-state index < -0.39 is 0 Å². The molecule has 1 aromatic carbocycles. The van der Waals surface area contributed by atoms with Crippen LogP contribution in [0.25, 0.3) is 0 Å². The first-order valence-electron chi connectivity index (χ1n) is 10.3. The van der Waals surface area contributed by atoms with Crippen LogP contribution in [-0.2, 0) is 4.79 Å². The van der Waals surface area contributed by atoms with Gasteiger partial charge in [-0.25, -0.2) is 0 Å². The van der Waals surface area contributed by atoms with Gasteiger partial charge in [0, 0.05) is 43.3 Å². The van der Waals surface area contributed by atoms with Crippen molar-refractivity contribution in [2.24, 2.45) is 0 Å². The van der Waals surface area contributed by atoms with Crippen LogP contribution < -0.4 is 16.0 Å². The van der Waals surface area contributed by atoms with E-state index in [9.17, 15) is 9.59 Å². The number of likely N-dealkylation sites (tertiary alicyclic amines) is 1. The average molecular weight is 373 g/mol. The second-order valence-electron chi connectivity index (χ2n) is 7.61. The zero-order chi connectivity index (χ0) is 18.9. The van der Waals surface area contributed by atoms with Gasteiger partial charge < -0.3 is 20.9 Å². The molecule has 1 saturated carbocycles. The Hall–Kier alpha value is -1.76. The van der Waals surface area contributed by atoms with Gasteiger partial charge in [-0.3, -0.25) is 9.59 Å². The molecule has 1 aromatic rings. The highest BCUT2D eigenvalue weighted by Crippen LogP contribution is 2.18. The number of rotatable bonds is 11. The number of Topliss-reactive ketones (excluding diaryl/α,β-unsaturated/α-hetero) is 1. The third-order valence-electron chi connectivity index (χ3n) is 5.17. The van der Waals surface area contributed by atoms with Crippen molar-refractivity contribution in [1.29, 1.82) is 0 Å². The number of anilines is 1. The molecule has 0 atom stereocenters. The molecule has 6 nitrogen and oxygen atoms in total. The number of piperidine rings is 1. The van der Waals surface area contributed by atoms with Gasteiger partial charge in [0.05, 0.1) is 6.54 Å². The van der Waals surface area contributed by atoms with E-state index in [1.165, 1.54) is 45.2 Å². The molecule has 0 bridgehead atoms. The minimum Gasteiger partial charge on any atom is -0.326 e. The van der Waals surface area contributed by atoms with E-state index in [0.29, 0.717) is 36.8 Å². The van der Waals surface area contributed by atoms with E-state index in [4.69, 9.17) is 0 Å². The molecule has 0 aromatic heterocycles. The van der Waals surface area contributed by atoms with Gasteiger partial charge >= 0.3 is 0 Å². The third kappa shape index (κ3) is 7.40. The minimum atomic E-state index is -0.0209. The van der Waals surface area contributed by atoms with Crippen molar-refractivity contribution >= 4 is 17.4 Å². The average Bonchev–Trinajstić information content (AvgIpc) is 3.50. The van der Waals surface area contributed by atoms with Crippen LogP contribution in [0.15, 0.2) is 24.3 Å². The Bertz CT molecular complexity index is 624. The van der Waals surface area contributed by atoms with Gasteiger partial charge in [0.25, 0.3) is 0 Å². The Morgan fingerprint density at radius 2 is 1.89 bits per heavy atom. The molecule has 1 amide bonds. The number of ketones is 1. The number of nitrogens with one attached hydrogen (secondary N) is 3. The standard InChI is InChI=1S/C21H32N4O2/c26-20(16-22-11-14-25-12-2-1-3-13-25)17-5-4-6-19(15-17)24-21(27)9-10-23-18-7-8-18/h4-6,15,18,22-23H,1-3,7-14,16H2,(H,24,27). The van der Waals surface area contributed by atoms with Gasteiger partial charge in [0.15, 0.2) is 5.78 Å². The maximum absolute atomic E-state index is 12.4. The van der Waals surface area contributed by atoms with Gasteiger partial charge in [-0.05, 0) is 50.9 Å². The molecule has 1 aliphatic heterocycles. The molecule has 1 saturated heterocycles. The molecule has 0 radical (unpaired) electrons. The number of carbonyl (C=O) groups is 2. The Labute approximate surface area is 162 Å². The first-order valence-corrected chi connectivity index (χ1v) is 10.3. The number of hydrogen-bond donors (Lipinski definition) is 3.